The molecule has 1 amide bonds. The van der Waals surface area contributed by atoms with E-state index in [0.717, 1.165) is 17.7 Å². The maximum absolute atomic E-state index is 11.6. The van der Waals surface area contributed by atoms with E-state index in [0.29, 0.717) is 6.54 Å². The first-order chi connectivity index (χ1) is 8.20. The molecule has 7 heteroatoms. The van der Waals surface area contributed by atoms with Gasteiger partial charge in [0.1, 0.15) is 6.33 Å². The molecule has 0 atom stereocenters. The van der Waals surface area contributed by atoms with E-state index in [9.17, 15) is 4.79 Å². The summed E-state index contributed by atoms with van der Waals surface area (Å²) in [6.45, 7) is 2.47. The molecule has 0 saturated heterocycles. The molecule has 0 aliphatic rings. The van der Waals surface area contributed by atoms with Crippen LogP contribution in [0.3, 0.4) is 0 Å². The third kappa shape index (κ3) is 2.49. The zero-order valence-corrected chi connectivity index (χ0v) is 9.77. The zero-order valence-electron chi connectivity index (χ0n) is 9.77. The highest BCUT2D eigenvalue weighted by Gasteiger charge is 2.10. The minimum absolute atomic E-state index is 0.215. The van der Waals surface area contributed by atoms with E-state index in [2.05, 4.69) is 25.6 Å². The number of nitrogens with one attached hydrogen (secondary N) is 2. The summed E-state index contributed by atoms with van der Waals surface area (Å²) < 4.78 is 1.74. The van der Waals surface area contributed by atoms with Crippen LogP contribution in [0, 0.1) is 0 Å². The van der Waals surface area contributed by atoms with Gasteiger partial charge in [0.25, 0.3) is 5.91 Å². The normalized spacial score (nSPS) is 10.5. The number of aromatic nitrogens is 5. The van der Waals surface area contributed by atoms with Gasteiger partial charge in [0.05, 0.1) is 5.69 Å². The Morgan fingerprint density at radius 2 is 2.41 bits per heavy atom. The van der Waals surface area contributed by atoms with Gasteiger partial charge < -0.3 is 5.32 Å². The molecule has 0 unspecified atom stereocenters. The quantitative estimate of drug-likeness (QED) is 0.781. The van der Waals surface area contributed by atoms with Crippen molar-refractivity contribution in [2.24, 2.45) is 7.05 Å². The van der Waals surface area contributed by atoms with E-state index in [1.54, 1.807) is 4.68 Å². The third-order valence-electron chi connectivity index (χ3n) is 2.40. The van der Waals surface area contributed by atoms with Crippen molar-refractivity contribution in [1.82, 2.24) is 30.3 Å². The second-order valence-corrected chi connectivity index (χ2v) is 3.65. The lowest BCUT2D eigenvalue weighted by molar-refractivity contribution is 0.0941. The molecule has 2 N–H and O–H groups in total. The standard InChI is InChI=1S/C10H14N6O/c1-3-8-7(5-16(2)15-8)4-11-10(17)9-12-6-13-14-9/h5-6H,3-4H2,1-2H3,(H,11,17)(H,12,13,14). The van der Waals surface area contributed by atoms with Crippen LogP contribution in [0.15, 0.2) is 12.5 Å². The van der Waals surface area contributed by atoms with Crippen LogP contribution in [0.5, 0.6) is 0 Å². The van der Waals surface area contributed by atoms with Crippen molar-refractivity contribution in [3.63, 3.8) is 0 Å². The number of hydrogen-bond donors (Lipinski definition) is 2. The first kappa shape index (κ1) is 11.3. The molecular weight excluding hydrogens is 220 g/mol. The van der Waals surface area contributed by atoms with Crippen LogP contribution in [0.4, 0.5) is 0 Å². The molecule has 0 fully saturated rings. The number of nitrogens with zero attached hydrogens (tertiary/aromatic N) is 4. The maximum atomic E-state index is 11.6. The number of rotatable bonds is 4. The van der Waals surface area contributed by atoms with Crippen molar-refractivity contribution in [1.29, 1.82) is 0 Å². The lowest BCUT2D eigenvalue weighted by Gasteiger charge is -2.01. The number of aryl methyl sites for hydroxylation is 2. The van der Waals surface area contributed by atoms with Crippen molar-refractivity contribution in [3.8, 4) is 0 Å². The molecule has 2 aromatic heterocycles. The van der Waals surface area contributed by atoms with Gasteiger partial charge in [-0.25, -0.2) is 4.98 Å². The minimum atomic E-state index is -0.270. The summed E-state index contributed by atoms with van der Waals surface area (Å²) in [5.74, 6) is -0.0552. The summed E-state index contributed by atoms with van der Waals surface area (Å²) in [6.07, 6.45) is 4.05. The van der Waals surface area contributed by atoms with E-state index in [1.165, 1.54) is 6.33 Å². The zero-order chi connectivity index (χ0) is 12.3. The number of H-pyrrole nitrogens is 1. The molecule has 0 aliphatic heterocycles. The molecular formula is C10H14N6O. The molecule has 17 heavy (non-hydrogen) atoms. The molecule has 0 saturated carbocycles. The van der Waals surface area contributed by atoms with Gasteiger partial charge in [-0.2, -0.15) is 10.2 Å². The van der Waals surface area contributed by atoms with E-state index in [-0.39, 0.29) is 11.7 Å². The molecule has 0 bridgehead atoms. The fourth-order valence-corrected chi connectivity index (χ4v) is 1.60. The number of carbonyl (C=O) groups excluding carboxylic acids is 1. The number of carbonyl (C=O) groups is 1. The van der Waals surface area contributed by atoms with Crippen LogP contribution < -0.4 is 5.32 Å². The first-order valence-corrected chi connectivity index (χ1v) is 5.35. The molecule has 7 nitrogen and oxygen atoms in total. The minimum Gasteiger partial charge on any atom is -0.345 e. The lowest BCUT2D eigenvalue weighted by Crippen LogP contribution is -2.24. The van der Waals surface area contributed by atoms with Crippen LogP contribution in [-0.4, -0.2) is 30.9 Å². The van der Waals surface area contributed by atoms with Crippen molar-refractivity contribution in [2.45, 2.75) is 19.9 Å². The fourth-order valence-electron chi connectivity index (χ4n) is 1.60. The second kappa shape index (κ2) is 4.77. The number of hydrogen-bond acceptors (Lipinski definition) is 4. The van der Waals surface area contributed by atoms with E-state index in [1.807, 2.05) is 20.2 Å². The smallest absolute Gasteiger partial charge is 0.288 e. The van der Waals surface area contributed by atoms with Crippen molar-refractivity contribution in [2.75, 3.05) is 0 Å². The summed E-state index contributed by atoms with van der Waals surface area (Å²) in [6, 6.07) is 0. The van der Waals surface area contributed by atoms with Crippen LogP contribution in [0.25, 0.3) is 0 Å². The highest BCUT2D eigenvalue weighted by molar-refractivity contribution is 5.90. The Morgan fingerprint density at radius 1 is 1.59 bits per heavy atom. The average molecular weight is 234 g/mol. The lowest BCUT2D eigenvalue weighted by atomic mass is 10.2. The van der Waals surface area contributed by atoms with Gasteiger partial charge in [-0.05, 0) is 6.42 Å². The number of amides is 1. The molecule has 2 aromatic rings. The van der Waals surface area contributed by atoms with Crippen molar-refractivity contribution in [3.05, 3.63) is 29.6 Å². The van der Waals surface area contributed by atoms with Crippen molar-refractivity contribution < 1.29 is 4.79 Å². The Morgan fingerprint density at radius 3 is 3.06 bits per heavy atom. The van der Waals surface area contributed by atoms with Gasteiger partial charge >= 0.3 is 0 Å². The molecule has 0 aliphatic carbocycles. The van der Waals surface area contributed by atoms with Gasteiger partial charge in [-0.1, -0.05) is 6.92 Å². The molecule has 0 aromatic carbocycles. The van der Waals surface area contributed by atoms with E-state index in [4.69, 9.17) is 0 Å². The number of aromatic amines is 1. The predicted molar refractivity (Wildman–Crippen MR) is 60.1 cm³/mol. The molecule has 0 spiro atoms. The summed E-state index contributed by atoms with van der Waals surface area (Å²) >= 11 is 0. The molecule has 2 heterocycles. The van der Waals surface area contributed by atoms with Crippen LogP contribution in [-0.2, 0) is 20.0 Å². The second-order valence-electron chi connectivity index (χ2n) is 3.65. The highest BCUT2D eigenvalue weighted by Crippen LogP contribution is 2.06. The van der Waals surface area contributed by atoms with E-state index < -0.39 is 0 Å². The monoisotopic (exact) mass is 234 g/mol. The Labute approximate surface area is 98.2 Å². The van der Waals surface area contributed by atoms with Gasteiger partial charge in [0.2, 0.25) is 5.82 Å². The van der Waals surface area contributed by atoms with Crippen LogP contribution in [0.2, 0.25) is 0 Å². The van der Waals surface area contributed by atoms with Crippen LogP contribution >= 0.6 is 0 Å². The summed E-state index contributed by atoms with van der Waals surface area (Å²) in [5, 5.41) is 13.2. The van der Waals surface area contributed by atoms with Crippen LogP contribution in [0.1, 0.15) is 28.8 Å². The highest BCUT2D eigenvalue weighted by atomic mass is 16.2. The summed E-state index contributed by atoms with van der Waals surface area (Å²) in [7, 11) is 1.86. The largest absolute Gasteiger partial charge is 0.345 e. The Bertz CT molecular complexity index is 501. The van der Waals surface area contributed by atoms with Gasteiger partial charge in [-0.15, -0.1) is 0 Å². The maximum Gasteiger partial charge on any atom is 0.288 e. The summed E-state index contributed by atoms with van der Waals surface area (Å²) in [4.78, 5) is 15.4. The first-order valence-electron chi connectivity index (χ1n) is 5.35. The SMILES string of the molecule is CCc1nn(C)cc1CNC(=O)c1ncn[nH]1. The van der Waals surface area contributed by atoms with Gasteiger partial charge in [-0.3, -0.25) is 14.6 Å². The topological polar surface area (TPSA) is 88.5 Å². The fraction of sp³-hybridized carbons (Fsp3) is 0.400. The molecule has 90 valence electrons. The van der Waals surface area contributed by atoms with Gasteiger partial charge in [0, 0.05) is 25.4 Å². The average Bonchev–Trinajstić information content (AvgIpc) is 2.94. The molecule has 0 radical (unpaired) electrons. The Kier molecular flexibility index (Phi) is 3.17. The van der Waals surface area contributed by atoms with E-state index >= 15 is 0 Å². The van der Waals surface area contributed by atoms with Gasteiger partial charge in [0.15, 0.2) is 0 Å². The predicted octanol–water partition coefficient (Wildman–Crippen LogP) is 0.0306. The van der Waals surface area contributed by atoms with Crippen molar-refractivity contribution >= 4 is 5.91 Å². The Hall–Kier alpha value is -2.18. The molecule has 2 rings (SSSR count). The third-order valence-corrected chi connectivity index (χ3v) is 2.40. The summed E-state index contributed by atoms with van der Waals surface area (Å²) in [5.41, 5.74) is 2.01. The Balaban J connectivity index is 2.00.